The number of aryl methyl sites for hydroxylation is 2. The fourth-order valence-corrected chi connectivity index (χ4v) is 2.63. The van der Waals surface area contributed by atoms with E-state index in [1.165, 1.54) is 16.7 Å². The predicted molar refractivity (Wildman–Crippen MR) is 68.5 cm³/mol. The molecule has 1 aliphatic heterocycles. The molecule has 2 heteroatoms. The Labute approximate surface area is 98.4 Å². The van der Waals surface area contributed by atoms with Crippen LogP contribution in [0.3, 0.4) is 0 Å². The van der Waals surface area contributed by atoms with Crippen molar-refractivity contribution in [2.45, 2.75) is 39.3 Å². The topological polar surface area (TPSA) is 29.3 Å². The average molecular weight is 218 g/mol. The van der Waals surface area contributed by atoms with Gasteiger partial charge in [-0.25, -0.2) is 0 Å². The monoisotopic (exact) mass is 218 g/mol. The molecule has 16 heavy (non-hydrogen) atoms. The third kappa shape index (κ3) is 2.45. The summed E-state index contributed by atoms with van der Waals surface area (Å²) in [5, 5.41) is 0. The van der Waals surface area contributed by atoms with E-state index in [0.717, 1.165) is 19.5 Å². The van der Waals surface area contributed by atoms with Gasteiger partial charge in [0.05, 0.1) is 0 Å². The molecule has 2 nitrogen and oxygen atoms in total. The predicted octanol–water partition coefficient (Wildman–Crippen LogP) is 2.40. The molecule has 0 saturated carbocycles. The van der Waals surface area contributed by atoms with Crippen LogP contribution in [-0.2, 0) is 0 Å². The van der Waals surface area contributed by atoms with Gasteiger partial charge in [0.2, 0.25) is 0 Å². The van der Waals surface area contributed by atoms with Gasteiger partial charge in [0.15, 0.2) is 0 Å². The van der Waals surface area contributed by atoms with Crippen LogP contribution in [0, 0.1) is 13.8 Å². The lowest BCUT2D eigenvalue weighted by Gasteiger charge is -2.25. The molecule has 0 bridgehead atoms. The molecule has 88 valence electrons. The number of hydrogen-bond acceptors (Lipinski definition) is 2. The molecule has 1 aliphatic rings. The van der Waals surface area contributed by atoms with E-state index in [9.17, 15) is 0 Å². The molecule has 2 atom stereocenters. The van der Waals surface area contributed by atoms with Gasteiger partial charge in [0, 0.05) is 25.2 Å². The largest absolute Gasteiger partial charge is 0.326 e. The third-order valence-corrected chi connectivity index (χ3v) is 3.53. The summed E-state index contributed by atoms with van der Waals surface area (Å²) in [7, 11) is 0. The summed E-state index contributed by atoms with van der Waals surface area (Å²) in [5.74, 6) is 0. The summed E-state index contributed by atoms with van der Waals surface area (Å²) in [6, 6.07) is 7.68. The number of nitrogens with two attached hydrogens (primary N) is 1. The highest BCUT2D eigenvalue weighted by Crippen LogP contribution is 2.25. The molecule has 0 aromatic heterocycles. The van der Waals surface area contributed by atoms with Crippen LogP contribution in [-0.4, -0.2) is 24.0 Å². The summed E-state index contributed by atoms with van der Waals surface area (Å²) in [4.78, 5) is 2.48. The Kier molecular flexibility index (Phi) is 3.31. The van der Waals surface area contributed by atoms with Crippen LogP contribution in [0.4, 0.5) is 0 Å². The molecule has 1 saturated heterocycles. The Hall–Kier alpha value is -0.860. The Bertz CT molecular complexity index is 353. The summed E-state index contributed by atoms with van der Waals surface area (Å²) in [6.45, 7) is 8.79. The van der Waals surface area contributed by atoms with Crippen molar-refractivity contribution in [2.24, 2.45) is 5.73 Å². The van der Waals surface area contributed by atoms with Crippen LogP contribution in [0.15, 0.2) is 18.2 Å². The second-order valence-electron chi connectivity index (χ2n) is 5.14. The summed E-state index contributed by atoms with van der Waals surface area (Å²) >= 11 is 0. The highest BCUT2D eigenvalue weighted by atomic mass is 15.2. The number of likely N-dealkylation sites (tertiary alicyclic amines) is 1. The fourth-order valence-electron chi connectivity index (χ4n) is 2.63. The summed E-state index contributed by atoms with van der Waals surface area (Å²) in [6.07, 6.45) is 1.13. The maximum atomic E-state index is 5.96. The lowest BCUT2D eigenvalue weighted by Crippen LogP contribution is -2.28. The van der Waals surface area contributed by atoms with Crippen LogP contribution in [0.2, 0.25) is 0 Å². The van der Waals surface area contributed by atoms with Gasteiger partial charge in [-0.1, -0.05) is 29.3 Å². The van der Waals surface area contributed by atoms with Crippen LogP contribution in [0.25, 0.3) is 0 Å². The van der Waals surface area contributed by atoms with E-state index in [4.69, 9.17) is 5.73 Å². The minimum Gasteiger partial charge on any atom is -0.326 e. The first-order valence-corrected chi connectivity index (χ1v) is 6.14. The van der Waals surface area contributed by atoms with Gasteiger partial charge in [-0.05, 0) is 32.8 Å². The number of hydrogen-bond donors (Lipinski definition) is 1. The average Bonchev–Trinajstić information content (AvgIpc) is 2.62. The van der Waals surface area contributed by atoms with E-state index in [1.54, 1.807) is 0 Å². The van der Waals surface area contributed by atoms with Crippen molar-refractivity contribution in [1.82, 2.24) is 4.90 Å². The van der Waals surface area contributed by atoms with Crippen molar-refractivity contribution in [3.63, 3.8) is 0 Å². The molecule has 1 aromatic rings. The summed E-state index contributed by atoms with van der Waals surface area (Å²) < 4.78 is 0. The first-order chi connectivity index (χ1) is 7.56. The number of benzene rings is 1. The van der Waals surface area contributed by atoms with Gasteiger partial charge < -0.3 is 5.73 Å². The van der Waals surface area contributed by atoms with Gasteiger partial charge in [-0.2, -0.15) is 0 Å². The Morgan fingerprint density at radius 1 is 1.25 bits per heavy atom. The van der Waals surface area contributed by atoms with Crippen molar-refractivity contribution in [3.8, 4) is 0 Å². The number of nitrogens with zero attached hydrogens (tertiary/aromatic N) is 1. The van der Waals surface area contributed by atoms with Crippen molar-refractivity contribution in [2.75, 3.05) is 13.1 Å². The first kappa shape index (κ1) is 11.6. The summed E-state index contributed by atoms with van der Waals surface area (Å²) in [5.41, 5.74) is 10.1. The minimum atomic E-state index is 0.369. The second kappa shape index (κ2) is 4.56. The molecule has 1 aromatic carbocycles. The van der Waals surface area contributed by atoms with E-state index in [0.29, 0.717) is 12.1 Å². The highest BCUT2D eigenvalue weighted by molar-refractivity contribution is 5.30. The Morgan fingerprint density at radius 2 is 1.88 bits per heavy atom. The minimum absolute atomic E-state index is 0.369. The maximum Gasteiger partial charge on any atom is 0.0320 e. The normalized spacial score (nSPS) is 23.6. The zero-order valence-electron chi connectivity index (χ0n) is 10.5. The van der Waals surface area contributed by atoms with Crippen molar-refractivity contribution in [3.05, 3.63) is 34.9 Å². The first-order valence-electron chi connectivity index (χ1n) is 6.14. The second-order valence-corrected chi connectivity index (χ2v) is 5.14. The van der Waals surface area contributed by atoms with Crippen LogP contribution in [0.1, 0.15) is 36.1 Å². The Morgan fingerprint density at radius 3 is 2.38 bits per heavy atom. The van der Waals surface area contributed by atoms with Gasteiger partial charge in [0.1, 0.15) is 0 Å². The SMILES string of the molecule is Cc1cc(C)cc(C(C)N2CCC(N)C2)c1. The molecule has 0 amide bonds. The van der Waals surface area contributed by atoms with Crippen LogP contribution in [0.5, 0.6) is 0 Å². The molecular weight excluding hydrogens is 196 g/mol. The van der Waals surface area contributed by atoms with Crippen molar-refractivity contribution < 1.29 is 0 Å². The molecule has 1 fully saturated rings. The lowest BCUT2D eigenvalue weighted by molar-refractivity contribution is 0.260. The molecular formula is C14H22N2. The van der Waals surface area contributed by atoms with Gasteiger partial charge in [0.25, 0.3) is 0 Å². The van der Waals surface area contributed by atoms with Gasteiger partial charge in [-0.3, -0.25) is 4.90 Å². The zero-order chi connectivity index (χ0) is 11.7. The maximum absolute atomic E-state index is 5.96. The van der Waals surface area contributed by atoms with E-state index in [2.05, 4.69) is 43.9 Å². The molecule has 0 radical (unpaired) electrons. The molecule has 2 rings (SSSR count). The lowest BCUT2D eigenvalue weighted by atomic mass is 10.0. The van der Waals surface area contributed by atoms with Crippen LogP contribution >= 0.6 is 0 Å². The standard InChI is InChI=1S/C14H22N2/c1-10-6-11(2)8-13(7-10)12(3)16-5-4-14(15)9-16/h6-8,12,14H,4-5,9,15H2,1-3H3. The molecule has 2 unspecified atom stereocenters. The fraction of sp³-hybridized carbons (Fsp3) is 0.571. The highest BCUT2D eigenvalue weighted by Gasteiger charge is 2.24. The zero-order valence-corrected chi connectivity index (χ0v) is 10.5. The number of rotatable bonds is 2. The molecule has 1 heterocycles. The quantitative estimate of drug-likeness (QED) is 0.826. The van der Waals surface area contributed by atoms with Gasteiger partial charge >= 0.3 is 0 Å². The van der Waals surface area contributed by atoms with E-state index >= 15 is 0 Å². The van der Waals surface area contributed by atoms with E-state index in [-0.39, 0.29) is 0 Å². The molecule has 2 N–H and O–H groups in total. The Balaban J connectivity index is 2.17. The molecule has 0 spiro atoms. The van der Waals surface area contributed by atoms with Gasteiger partial charge in [-0.15, -0.1) is 0 Å². The van der Waals surface area contributed by atoms with Crippen LogP contribution < -0.4 is 5.73 Å². The van der Waals surface area contributed by atoms with Crippen molar-refractivity contribution >= 4 is 0 Å². The van der Waals surface area contributed by atoms with Crippen molar-refractivity contribution in [1.29, 1.82) is 0 Å². The third-order valence-electron chi connectivity index (χ3n) is 3.53. The smallest absolute Gasteiger partial charge is 0.0320 e. The van der Waals surface area contributed by atoms with E-state index in [1.807, 2.05) is 0 Å². The van der Waals surface area contributed by atoms with E-state index < -0.39 is 0 Å². The molecule has 0 aliphatic carbocycles.